The molecule has 0 bridgehead atoms. The normalized spacial score (nSPS) is 17.4. The van der Waals surface area contributed by atoms with Gasteiger partial charge in [-0.15, -0.1) is 0 Å². The Morgan fingerprint density at radius 1 is 1.00 bits per heavy atom. The van der Waals surface area contributed by atoms with E-state index in [9.17, 15) is 0 Å². The minimum atomic E-state index is -0.116. The van der Waals surface area contributed by atoms with Crippen molar-refractivity contribution in [1.29, 1.82) is 0 Å². The molecular formula is C30H31ClN4OS. The second-order valence-electron chi connectivity index (χ2n) is 9.70. The van der Waals surface area contributed by atoms with Gasteiger partial charge in [-0.1, -0.05) is 23.7 Å². The molecule has 1 fully saturated rings. The number of hydrogen-bond acceptors (Lipinski definition) is 3. The number of rotatable bonds is 6. The van der Waals surface area contributed by atoms with Gasteiger partial charge in [0, 0.05) is 34.0 Å². The second-order valence-corrected chi connectivity index (χ2v) is 10.5. The number of ether oxygens (including phenoxy) is 1. The molecule has 0 spiro atoms. The van der Waals surface area contributed by atoms with Gasteiger partial charge >= 0.3 is 0 Å². The van der Waals surface area contributed by atoms with Gasteiger partial charge in [0.25, 0.3) is 0 Å². The number of halogens is 1. The number of pyridine rings is 1. The summed E-state index contributed by atoms with van der Waals surface area (Å²) in [5, 5.41) is 4.99. The average Bonchev–Trinajstić information content (AvgIpc) is 3.37. The van der Waals surface area contributed by atoms with Gasteiger partial charge in [-0.05, 0) is 113 Å². The quantitative estimate of drug-likeness (QED) is 0.263. The molecule has 1 aliphatic heterocycles. The molecule has 37 heavy (non-hydrogen) atoms. The van der Waals surface area contributed by atoms with E-state index in [0.29, 0.717) is 5.11 Å². The lowest BCUT2D eigenvalue weighted by atomic mass is 9.96. The SMILES string of the molecule is Cc1c(Cl)cccc1-n1c(C)cc([C@H]2[C@@H](c3ccccn3)NC(=S)N2c2ccc(OC(C)C)cc2)c1C. The molecule has 0 aliphatic carbocycles. The van der Waals surface area contributed by atoms with Crippen LogP contribution in [-0.2, 0) is 0 Å². The number of aryl methyl sites for hydroxylation is 1. The average molecular weight is 531 g/mol. The molecule has 7 heteroatoms. The second kappa shape index (κ2) is 10.2. The third kappa shape index (κ3) is 4.72. The van der Waals surface area contributed by atoms with Crippen LogP contribution in [0.4, 0.5) is 5.69 Å². The van der Waals surface area contributed by atoms with Crippen molar-refractivity contribution in [2.24, 2.45) is 0 Å². The van der Waals surface area contributed by atoms with Crippen LogP contribution in [0.25, 0.3) is 5.69 Å². The molecule has 0 saturated carbocycles. The zero-order valence-electron chi connectivity index (χ0n) is 21.7. The minimum Gasteiger partial charge on any atom is -0.491 e. The van der Waals surface area contributed by atoms with Crippen molar-refractivity contribution in [1.82, 2.24) is 14.9 Å². The third-order valence-corrected chi connectivity index (χ3v) is 7.58. The van der Waals surface area contributed by atoms with Gasteiger partial charge in [0.05, 0.1) is 23.9 Å². The van der Waals surface area contributed by atoms with Gasteiger partial charge < -0.3 is 19.5 Å². The van der Waals surface area contributed by atoms with Crippen molar-refractivity contribution in [3.63, 3.8) is 0 Å². The molecule has 0 radical (unpaired) electrons. The zero-order valence-corrected chi connectivity index (χ0v) is 23.3. The van der Waals surface area contributed by atoms with Crippen molar-refractivity contribution in [3.8, 4) is 11.4 Å². The Balaban J connectivity index is 1.64. The Morgan fingerprint density at radius 3 is 2.43 bits per heavy atom. The van der Waals surface area contributed by atoms with Gasteiger partial charge in [0.1, 0.15) is 5.75 Å². The van der Waals surface area contributed by atoms with E-state index in [4.69, 9.17) is 33.5 Å². The fourth-order valence-corrected chi connectivity index (χ4v) is 5.72. The maximum absolute atomic E-state index is 6.50. The van der Waals surface area contributed by atoms with Gasteiger partial charge in [-0.3, -0.25) is 4.98 Å². The van der Waals surface area contributed by atoms with E-state index in [1.165, 1.54) is 5.56 Å². The molecule has 4 aromatic rings. The zero-order chi connectivity index (χ0) is 26.3. The first-order valence-corrected chi connectivity index (χ1v) is 13.3. The third-order valence-electron chi connectivity index (χ3n) is 6.85. The molecule has 1 aliphatic rings. The topological polar surface area (TPSA) is 42.3 Å². The Morgan fingerprint density at radius 2 is 1.76 bits per heavy atom. The summed E-state index contributed by atoms with van der Waals surface area (Å²) in [4.78, 5) is 6.89. The first-order chi connectivity index (χ1) is 17.8. The molecule has 3 heterocycles. The molecule has 1 N–H and O–H groups in total. The summed E-state index contributed by atoms with van der Waals surface area (Å²) in [6.45, 7) is 10.4. The van der Waals surface area contributed by atoms with E-state index >= 15 is 0 Å². The van der Waals surface area contributed by atoms with E-state index in [1.807, 2.05) is 56.4 Å². The number of aromatic nitrogens is 2. The summed E-state index contributed by atoms with van der Waals surface area (Å²) >= 11 is 12.4. The highest BCUT2D eigenvalue weighted by molar-refractivity contribution is 7.80. The predicted octanol–water partition coefficient (Wildman–Crippen LogP) is 7.42. The van der Waals surface area contributed by atoms with Crippen LogP contribution < -0.4 is 15.0 Å². The van der Waals surface area contributed by atoms with Crippen LogP contribution in [0.15, 0.2) is 72.9 Å². The Kier molecular flexibility index (Phi) is 6.97. The van der Waals surface area contributed by atoms with Crippen molar-refractivity contribution >= 4 is 34.6 Å². The summed E-state index contributed by atoms with van der Waals surface area (Å²) in [6.07, 6.45) is 1.94. The smallest absolute Gasteiger partial charge is 0.174 e. The van der Waals surface area contributed by atoms with Gasteiger partial charge in [-0.2, -0.15) is 0 Å². The number of hydrogen-bond donors (Lipinski definition) is 1. The van der Waals surface area contributed by atoms with Crippen LogP contribution in [0.1, 0.15) is 54.1 Å². The molecule has 2 aromatic carbocycles. The van der Waals surface area contributed by atoms with Crippen LogP contribution in [0, 0.1) is 20.8 Å². The summed E-state index contributed by atoms with van der Waals surface area (Å²) in [6, 6.07) is 22.2. The van der Waals surface area contributed by atoms with E-state index < -0.39 is 0 Å². The Bertz CT molecular complexity index is 1430. The monoisotopic (exact) mass is 530 g/mol. The first-order valence-electron chi connectivity index (χ1n) is 12.5. The molecule has 0 unspecified atom stereocenters. The molecule has 5 rings (SSSR count). The highest BCUT2D eigenvalue weighted by Crippen LogP contribution is 2.44. The van der Waals surface area contributed by atoms with E-state index in [0.717, 1.165) is 44.8 Å². The highest BCUT2D eigenvalue weighted by Gasteiger charge is 2.42. The standard InChI is InChI=1S/C30H31ClN4OS/c1-18(2)36-23-14-12-22(13-15-23)35-29(28(33-30(35)37)26-10-6-7-16-32-26)24-17-19(3)34(21(24)5)27-11-8-9-25(31)20(27)4/h6-18,28-29H,1-5H3,(H,33,37)/t28-,29+/m1/s1. The predicted molar refractivity (Wildman–Crippen MR) is 155 cm³/mol. The molecule has 0 amide bonds. The number of nitrogens with zero attached hydrogens (tertiary/aromatic N) is 3. The molecule has 1 saturated heterocycles. The largest absolute Gasteiger partial charge is 0.491 e. The summed E-state index contributed by atoms with van der Waals surface area (Å²) < 4.78 is 8.16. The van der Waals surface area contributed by atoms with E-state index in [1.54, 1.807) is 0 Å². The highest BCUT2D eigenvalue weighted by atomic mass is 35.5. The summed E-state index contributed by atoms with van der Waals surface area (Å²) in [7, 11) is 0. The lowest BCUT2D eigenvalue weighted by Crippen LogP contribution is -2.29. The Hall–Kier alpha value is -3.35. The van der Waals surface area contributed by atoms with Crippen LogP contribution in [0.2, 0.25) is 5.02 Å². The summed E-state index contributed by atoms with van der Waals surface area (Å²) in [5.41, 5.74) is 7.54. The Labute approximate surface area is 229 Å². The fourth-order valence-electron chi connectivity index (χ4n) is 5.20. The van der Waals surface area contributed by atoms with Gasteiger partial charge in [0.2, 0.25) is 0 Å². The van der Waals surface area contributed by atoms with Gasteiger partial charge in [-0.25, -0.2) is 0 Å². The fraction of sp³-hybridized carbons (Fsp3) is 0.267. The maximum Gasteiger partial charge on any atom is 0.174 e. The molecule has 5 nitrogen and oxygen atoms in total. The number of benzene rings is 2. The van der Waals surface area contributed by atoms with Crippen LogP contribution in [0.5, 0.6) is 5.75 Å². The van der Waals surface area contributed by atoms with Crippen molar-refractivity contribution < 1.29 is 4.74 Å². The van der Waals surface area contributed by atoms with Crippen molar-refractivity contribution in [2.45, 2.75) is 52.8 Å². The molecule has 190 valence electrons. The summed E-state index contributed by atoms with van der Waals surface area (Å²) in [5.74, 6) is 0.837. The molecular weight excluding hydrogens is 500 g/mol. The van der Waals surface area contributed by atoms with Crippen LogP contribution in [-0.4, -0.2) is 20.8 Å². The van der Waals surface area contributed by atoms with Gasteiger partial charge in [0.15, 0.2) is 5.11 Å². The first kappa shape index (κ1) is 25.3. The van der Waals surface area contributed by atoms with Crippen LogP contribution in [0.3, 0.4) is 0 Å². The lowest BCUT2D eigenvalue weighted by Gasteiger charge is -2.28. The van der Waals surface area contributed by atoms with Crippen molar-refractivity contribution in [2.75, 3.05) is 4.90 Å². The van der Waals surface area contributed by atoms with E-state index in [-0.39, 0.29) is 18.2 Å². The maximum atomic E-state index is 6.50. The number of nitrogens with one attached hydrogen (secondary N) is 1. The minimum absolute atomic E-state index is 0.0984. The molecule has 2 atom stereocenters. The number of thiocarbonyl (C=S) groups is 1. The molecule has 2 aromatic heterocycles. The van der Waals surface area contributed by atoms with E-state index in [2.05, 4.69) is 65.9 Å². The number of anilines is 1. The lowest BCUT2D eigenvalue weighted by molar-refractivity contribution is 0.242. The van der Waals surface area contributed by atoms with Crippen molar-refractivity contribution in [3.05, 3.63) is 106 Å². The van der Waals surface area contributed by atoms with Crippen LogP contribution >= 0.6 is 23.8 Å².